The lowest BCUT2D eigenvalue weighted by Gasteiger charge is -2.20. The summed E-state index contributed by atoms with van der Waals surface area (Å²) in [6.07, 6.45) is 0.793. The molecule has 0 unspecified atom stereocenters. The first-order chi connectivity index (χ1) is 13.5. The van der Waals surface area contributed by atoms with Crippen LogP contribution in [0.5, 0.6) is 5.75 Å². The highest BCUT2D eigenvalue weighted by Gasteiger charge is 2.15. The number of amides is 3. The normalized spacial score (nSPS) is 10.2. The van der Waals surface area contributed by atoms with Crippen molar-refractivity contribution in [3.63, 3.8) is 0 Å². The molecule has 2 aromatic rings. The molecule has 7 nitrogen and oxygen atoms in total. The van der Waals surface area contributed by atoms with Gasteiger partial charge in [-0.3, -0.25) is 14.4 Å². The van der Waals surface area contributed by atoms with Crippen molar-refractivity contribution in [3.8, 4) is 5.75 Å². The van der Waals surface area contributed by atoms with E-state index in [1.807, 2.05) is 18.4 Å². The van der Waals surface area contributed by atoms with E-state index in [4.69, 9.17) is 4.74 Å². The van der Waals surface area contributed by atoms with Crippen molar-refractivity contribution < 1.29 is 19.1 Å². The Labute approximate surface area is 168 Å². The summed E-state index contributed by atoms with van der Waals surface area (Å²) in [5.41, 5.74) is 0.644. The highest BCUT2D eigenvalue weighted by Crippen LogP contribution is 2.15. The van der Waals surface area contributed by atoms with Crippen molar-refractivity contribution >= 4 is 34.7 Å². The zero-order valence-corrected chi connectivity index (χ0v) is 16.9. The largest absolute Gasteiger partial charge is 0.497 e. The molecule has 0 aliphatic carbocycles. The van der Waals surface area contributed by atoms with E-state index in [1.54, 1.807) is 37.4 Å². The summed E-state index contributed by atoms with van der Waals surface area (Å²) in [6.45, 7) is 2.68. The van der Waals surface area contributed by atoms with Crippen LogP contribution in [-0.4, -0.2) is 49.4 Å². The van der Waals surface area contributed by atoms with Crippen molar-refractivity contribution in [1.82, 2.24) is 10.2 Å². The Bertz CT molecular complexity index is 775. The van der Waals surface area contributed by atoms with Crippen LogP contribution in [0.1, 0.15) is 29.4 Å². The third kappa shape index (κ3) is 6.70. The van der Waals surface area contributed by atoms with Gasteiger partial charge in [0.15, 0.2) is 0 Å². The van der Waals surface area contributed by atoms with Gasteiger partial charge in [-0.15, -0.1) is 11.3 Å². The first-order valence-electron chi connectivity index (χ1n) is 9.07. The molecule has 0 aliphatic heterocycles. The fourth-order valence-corrected chi connectivity index (χ4v) is 3.16. The zero-order chi connectivity index (χ0) is 20.4. The standard InChI is InChI=1S/C20H25N3O4S/c1-3-23(14-18(24)22-15-8-10-16(27-2)11-9-15)19(25)7-4-12-21-20(26)17-6-5-13-28-17/h5-6,8-11,13H,3-4,7,12,14H2,1-2H3,(H,21,26)(H,22,24). The predicted molar refractivity (Wildman–Crippen MR) is 110 cm³/mol. The Hall–Kier alpha value is -2.87. The summed E-state index contributed by atoms with van der Waals surface area (Å²) in [5, 5.41) is 7.40. The van der Waals surface area contributed by atoms with Gasteiger partial charge < -0.3 is 20.3 Å². The minimum atomic E-state index is -0.258. The average Bonchev–Trinajstić information content (AvgIpc) is 3.24. The van der Waals surface area contributed by atoms with Crippen LogP contribution in [-0.2, 0) is 9.59 Å². The Morgan fingerprint density at radius 3 is 2.50 bits per heavy atom. The van der Waals surface area contributed by atoms with Crippen LogP contribution in [0.3, 0.4) is 0 Å². The average molecular weight is 404 g/mol. The summed E-state index contributed by atoms with van der Waals surface area (Å²) in [6, 6.07) is 10.6. The van der Waals surface area contributed by atoms with Crippen molar-refractivity contribution in [2.75, 3.05) is 32.1 Å². The minimum Gasteiger partial charge on any atom is -0.497 e. The Morgan fingerprint density at radius 2 is 1.89 bits per heavy atom. The number of nitrogens with one attached hydrogen (secondary N) is 2. The molecular weight excluding hydrogens is 378 g/mol. The Morgan fingerprint density at radius 1 is 1.14 bits per heavy atom. The molecule has 0 spiro atoms. The van der Waals surface area contributed by atoms with E-state index >= 15 is 0 Å². The van der Waals surface area contributed by atoms with Crippen LogP contribution < -0.4 is 15.4 Å². The quantitative estimate of drug-likeness (QED) is 0.597. The molecule has 0 radical (unpaired) electrons. The molecule has 0 aliphatic rings. The summed E-state index contributed by atoms with van der Waals surface area (Å²) in [4.78, 5) is 38.5. The van der Waals surface area contributed by atoms with Crippen LogP contribution in [0, 0.1) is 0 Å². The fraction of sp³-hybridized carbons (Fsp3) is 0.350. The van der Waals surface area contributed by atoms with Gasteiger partial charge in [0, 0.05) is 25.2 Å². The number of ether oxygens (including phenoxy) is 1. The SMILES string of the molecule is CCN(CC(=O)Nc1ccc(OC)cc1)C(=O)CCCNC(=O)c1cccs1. The molecule has 0 atom stereocenters. The molecule has 28 heavy (non-hydrogen) atoms. The molecule has 1 aromatic heterocycles. The topological polar surface area (TPSA) is 87.7 Å². The maximum Gasteiger partial charge on any atom is 0.261 e. The molecule has 0 fully saturated rings. The Kier molecular flexibility index (Phi) is 8.48. The lowest BCUT2D eigenvalue weighted by atomic mass is 10.2. The molecule has 2 N–H and O–H groups in total. The second kappa shape index (κ2) is 11.1. The maximum absolute atomic E-state index is 12.3. The molecule has 0 bridgehead atoms. The number of hydrogen-bond acceptors (Lipinski definition) is 5. The van der Waals surface area contributed by atoms with E-state index < -0.39 is 0 Å². The fourth-order valence-electron chi connectivity index (χ4n) is 2.52. The van der Waals surface area contributed by atoms with Gasteiger partial charge in [0.25, 0.3) is 5.91 Å². The minimum absolute atomic E-state index is 0.0110. The molecule has 0 saturated heterocycles. The van der Waals surface area contributed by atoms with Gasteiger partial charge in [0.2, 0.25) is 11.8 Å². The van der Waals surface area contributed by atoms with E-state index in [9.17, 15) is 14.4 Å². The van der Waals surface area contributed by atoms with Gasteiger partial charge in [0.1, 0.15) is 5.75 Å². The number of anilines is 1. The van der Waals surface area contributed by atoms with Crippen molar-refractivity contribution in [2.24, 2.45) is 0 Å². The Balaban J connectivity index is 1.72. The first kappa shape index (κ1) is 21.4. The molecule has 0 saturated carbocycles. The number of methoxy groups -OCH3 is 1. The molecule has 3 amide bonds. The van der Waals surface area contributed by atoms with Crippen molar-refractivity contribution in [3.05, 3.63) is 46.7 Å². The summed E-state index contributed by atoms with van der Waals surface area (Å²) in [5.74, 6) is 0.201. The number of carbonyl (C=O) groups excluding carboxylic acids is 3. The highest BCUT2D eigenvalue weighted by atomic mass is 32.1. The lowest BCUT2D eigenvalue weighted by molar-refractivity contribution is -0.134. The monoisotopic (exact) mass is 403 g/mol. The number of nitrogens with zero attached hydrogens (tertiary/aromatic N) is 1. The van der Waals surface area contributed by atoms with Crippen molar-refractivity contribution in [1.29, 1.82) is 0 Å². The van der Waals surface area contributed by atoms with E-state index in [1.165, 1.54) is 16.2 Å². The number of rotatable bonds is 10. The van der Waals surface area contributed by atoms with Crippen LogP contribution in [0.15, 0.2) is 41.8 Å². The second-order valence-corrected chi connectivity index (χ2v) is 6.97. The van der Waals surface area contributed by atoms with Gasteiger partial charge in [-0.1, -0.05) is 6.07 Å². The number of likely N-dealkylation sites (N-methyl/N-ethyl adjacent to an activating group) is 1. The van der Waals surface area contributed by atoms with E-state index in [0.29, 0.717) is 35.8 Å². The lowest BCUT2D eigenvalue weighted by Crippen LogP contribution is -2.38. The molecule has 1 heterocycles. The van der Waals surface area contributed by atoms with Gasteiger partial charge >= 0.3 is 0 Å². The maximum atomic E-state index is 12.3. The van der Waals surface area contributed by atoms with Crippen LogP contribution in [0.2, 0.25) is 0 Å². The number of benzene rings is 1. The highest BCUT2D eigenvalue weighted by molar-refractivity contribution is 7.12. The molecule has 1 aromatic carbocycles. The number of carbonyl (C=O) groups is 3. The van der Waals surface area contributed by atoms with Crippen LogP contribution in [0.4, 0.5) is 5.69 Å². The second-order valence-electron chi connectivity index (χ2n) is 6.02. The first-order valence-corrected chi connectivity index (χ1v) is 9.94. The summed E-state index contributed by atoms with van der Waals surface area (Å²) >= 11 is 1.37. The smallest absolute Gasteiger partial charge is 0.261 e. The van der Waals surface area contributed by atoms with E-state index in [2.05, 4.69) is 10.6 Å². The molecule has 150 valence electrons. The zero-order valence-electron chi connectivity index (χ0n) is 16.1. The number of hydrogen-bond donors (Lipinski definition) is 2. The van der Waals surface area contributed by atoms with E-state index in [-0.39, 0.29) is 30.7 Å². The molecular formula is C20H25N3O4S. The van der Waals surface area contributed by atoms with E-state index in [0.717, 1.165) is 0 Å². The van der Waals surface area contributed by atoms with Crippen molar-refractivity contribution in [2.45, 2.75) is 19.8 Å². The van der Waals surface area contributed by atoms with Gasteiger partial charge in [-0.2, -0.15) is 0 Å². The van der Waals surface area contributed by atoms with Gasteiger partial charge in [0.05, 0.1) is 18.5 Å². The number of thiophene rings is 1. The van der Waals surface area contributed by atoms with Gasteiger partial charge in [-0.25, -0.2) is 0 Å². The molecule has 8 heteroatoms. The summed E-state index contributed by atoms with van der Waals surface area (Å²) in [7, 11) is 1.58. The molecule has 2 rings (SSSR count). The predicted octanol–water partition coefficient (Wildman–Crippen LogP) is 2.75. The third-order valence-corrected chi connectivity index (χ3v) is 4.91. The summed E-state index contributed by atoms with van der Waals surface area (Å²) < 4.78 is 5.08. The third-order valence-electron chi connectivity index (χ3n) is 4.04. The van der Waals surface area contributed by atoms with Gasteiger partial charge in [-0.05, 0) is 49.1 Å². The van der Waals surface area contributed by atoms with Crippen LogP contribution >= 0.6 is 11.3 Å². The van der Waals surface area contributed by atoms with Crippen LogP contribution in [0.25, 0.3) is 0 Å².